The second kappa shape index (κ2) is 7.41. The molecule has 1 fully saturated rings. The monoisotopic (exact) mass is 283 g/mol. The van der Waals surface area contributed by atoms with E-state index in [0.29, 0.717) is 13.1 Å². The number of aliphatic imine (C=N–C) groups is 1. The average Bonchev–Trinajstić information content (AvgIpc) is 2.35. The normalized spacial score (nSPS) is 18.3. The second-order valence-electron chi connectivity index (χ2n) is 6.17. The van der Waals surface area contributed by atoms with Crippen LogP contribution in [0.5, 0.6) is 0 Å². The molecule has 0 aliphatic carbocycles. The maximum Gasteiger partial charge on any atom is 0.410 e. The van der Waals surface area contributed by atoms with E-state index >= 15 is 0 Å². The summed E-state index contributed by atoms with van der Waals surface area (Å²) in [5, 5.41) is 0. The predicted molar refractivity (Wildman–Crippen MR) is 76.4 cm³/mol. The highest BCUT2D eigenvalue weighted by Gasteiger charge is 2.25. The maximum absolute atomic E-state index is 11.9. The van der Waals surface area contributed by atoms with Crippen molar-refractivity contribution in [1.82, 2.24) is 9.80 Å². The quantitative estimate of drug-likeness (QED) is 0.581. The number of isocyanates is 1. The van der Waals surface area contributed by atoms with Crippen LogP contribution in [0.4, 0.5) is 4.79 Å². The van der Waals surface area contributed by atoms with E-state index in [1.165, 1.54) is 0 Å². The molecule has 0 aromatic rings. The lowest BCUT2D eigenvalue weighted by Gasteiger charge is -2.35. The average molecular weight is 283 g/mol. The molecule has 1 rings (SSSR count). The van der Waals surface area contributed by atoms with Gasteiger partial charge in [0.25, 0.3) is 0 Å². The zero-order valence-corrected chi connectivity index (χ0v) is 12.9. The molecule has 1 atom stereocenters. The lowest BCUT2D eigenvalue weighted by atomic mass is 10.2. The van der Waals surface area contributed by atoms with E-state index in [1.54, 1.807) is 11.0 Å². The third-order valence-corrected chi connectivity index (χ3v) is 3.16. The van der Waals surface area contributed by atoms with E-state index in [0.717, 1.165) is 26.1 Å². The summed E-state index contributed by atoms with van der Waals surface area (Å²) >= 11 is 0. The number of ether oxygens (including phenoxy) is 1. The molecule has 6 heteroatoms. The fraction of sp³-hybridized carbons (Fsp3) is 0.857. The van der Waals surface area contributed by atoms with Crippen molar-refractivity contribution in [3.63, 3.8) is 0 Å². The Bertz CT molecular complexity index is 364. The van der Waals surface area contributed by atoms with Gasteiger partial charge in [0, 0.05) is 32.7 Å². The van der Waals surface area contributed by atoms with Gasteiger partial charge in [-0.15, -0.1) is 0 Å². The highest BCUT2D eigenvalue weighted by atomic mass is 16.6. The van der Waals surface area contributed by atoms with E-state index < -0.39 is 5.60 Å². The van der Waals surface area contributed by atoms with Gasteiger partial charge in [0.05, 0.1) is 6.04 Å². The minimum Gasteiger partial charge on any atom is -0.444 e. The summed E-state index contributed by atoms with van der Waals surface area (Å²) < 4.78 is 5.35. The lowest BCUT2D eigenvalue weighted by molar-refractivity contribution is 0.0143. The summed E-state index contributed by atoms with van der Waals surface area (Å²) in [7, 11) is 0. The standard InChI is InChI=1S/C14H25N3O3/c1-12(15-11-18)5-6-16-7-9-17(10-8-16)13(19)20-14(2,3)4/h12H,5-10H2,1-4H3. The summed E-state index contributed by atoms with van der Waals surface area (Å²) in [5.74, 6) is 0. The van der Waals surface area contributed by atoms with Crippen molar-refractivity contribution in [1.29, 1.82) is 0 Å². The molecule has 0 aromatic heterocycles. The Morgan fingerprint density at radius 1 is 1.30 bits per heavy atom. The number of hydrogen-bond donors (Lipinski definition) is 0. The molecule has 0 bridgehead atoms. The lowest BCUT2D eigenvalue weighted by Crippen LogP contribution is -2.50. The SMILES string of the molecule is CC(CCN1CCN(C(=O)OC(C)(C)C)CC1)N=C=O. The van der Waals surface area contributed by atoms with Gasteiger partial charge < -0.3 is 9.64 Å². The van der Waals surface area contributed by atoms with Gasteiger partial charge in [0.1, 0.15) is 5.60 Å². The van der Waals surface area contributed by atoms with Crippen LogP contribution < -0.4 is 0 Å². The third-order valence-electron chi connectivity index (χ3n) is 3.16. The molecule has 0 radical (unpaired) electrons. The van der Waals surface area contributed by atoms with Crippen LogP contribution in [0.1, 0.15) is 34.1 Å². The van der Waals surface area contributed by atoms with Crippen molar-refractivity contribution in [2.45, 2.75) is 45.8 Å². The Balaban J connectivity index is 2.29. The highest BCUT2D eigenvalue weighted by molar-refractivity contribution is 5.68. The van der Waals surface area contributed by atoms with Crippen LogP contribution in [0.2, 0.25) is 0 Å². The van der Waals surface area contributed by atoms with Gasteiger partial charge in [-0.05, 0) is 34.1 Å². The fourth-order valence-corrected chi connectivity index (χ4v) is 2.00. The number of rotatable bonds is 4. The minimum absolute atomic E-state index is 0.0105. The van der Waals surface area contributed by atoms with Gasteiger partial charge in [0.15, 0.2) is 0 Å². The molecule has 6 nitrogen and oxygen atoms in total. The largest absolute Gasteiger partial charge is 0.444 e. The number of carbonyl (C=O) groups excluding carboxylic acids is 2. The van der Waals surface area contributed by atoms with E-state index in [4.69, 9.17) is 4.74 Å². The Labute approximate surface area is 120 Å². The van der Waals surface area contributed by atoms with Crippen molar-refractivity contribution >= 4 is 12.2 Å². The molecule has 1 saturated heterocycles. The summed E-state index contributed by atoms with van der Waals surface area (Å²) in [4.78, 5) is 29.7. The predicted octanol–water partition coefficient (Wildman–Crippen LogP) is 1.65. The van der Waals surface area contributed by atoms with Gasteiger partial charge in [-0.1, -0.05) is 0 Å². The van der Waals surface area contributed by atoms with Crippen LogP contribution in [-0.4, -0.2) is 66.3 Å². The first-order chi connectivity index (χ1) is 9.31. The molecule has 0 aromatic carbocycles. The first kappa shape index (κ1) is 16.7. The Hall–Kier alpha value is -1.39. The van der Waals surface area contributed by atoms with Crippen LogP contribution >= 0.6 is 0 Å². The molecule has 0 spiro atoms. The van der Waals surface area contributed by atoms with E-state index in [-0.39, 0.29) is 12.1 Å². The zero-order valence-electron chi connectivity index (χ0n) is 12.9. The Morgan fingerprint density at radius 2 is 1.90 bits per heavy atom. The van der Waals surface area contributed by atoms with Crippen molar-refractivity contribution in [2.24, 2.45) is 4.99 Å². The molecule has 1 heterocycles. The summed E-state index contributed by atoms with van der Waals surface area (Å²) in [5.41, 5.74) is -0.448. The van der Waals surface area contributed by atoms with Crippen LogP contribution in [0.15, 0.2) is 4.99 Å². The number of carbonyl (C=O) groups is 1. The van der Waals surface area contributed by atoms with E-state index in [1.807, 2.05) is 27.7 Å². The summed E-state index contributed by atoms with van der Waals surface area (Å²) in [6.07, 6.45) is 2.18. The number of amides is 1. The van der Waals surface area contributed by atoms with Crippen LogP contribution in [0.3, 0.4) is 0 Å². The zero-order chi connectivity index (χ0) is 15.2. The van der Waals surface area contributed by atoms with Gasteiger partial charge in [-0.3, -0.25) is 4.90 Å². The highest BCUT2D eigenvalue weighted by Crippen LogP contribution is 2.12. The molecule has 1 amide bonds. The molecule has 1 unspecified atom stereocenters. The second-order valence-corrected chi connectivity index (χ2v) is 6.17. The Morgan fingerprint density at radius 3 is 2.40 bits per heavy atom. The molecule has 0 N–H and O–H groups in total. The minimum atomic E-state index is -0.448. The van der Waals surface area contributed by atoms with Crippen molar-refractivity contribution < 1.29 is 14.3 Å². The number of hydrogen-bond acceptors (Lipinski definition) is 5. The first-order valence-electron chi connectivity index (χ1n) is 7.09. The van der Waals surface area contributed by atoms with Gasteiger partial charge in [-0.25, -0.2) is 14.6 Å². The van der Waals surface area contributed by atoms with Gasteiger partial charge in [0.2, 0.25) is 6.08 Å². The molecule has 1 aliphatic heterocycles. The summed E-state index contributed by atoms with van der Waals surface area (Å²) in [6.45, 7) is 11.4. The fourth-order valence-electron chi connectivity index (χ4n) is 2.00. The van der Waals surface area contributed by atoms with Crippen LogP contribution in [0, 0.1) is 0 Å². The van der Waals surface area contributed by atoms with Crippen LogP contribution in [0.25, 0.3) is 0 Å². The summed E-state index contributed by atoms with van der Waals surface area (Å²) in [6, 6.07) is 0.0105. The topological polar surface area (TPSA) is 62.2 Å². The molecular weight excluding hydrogens is 258 g/mol. The van der Waals surface area contributed by atoms with E-state index in [2.05, 4.69) is 9.89 Å². The first-order valence-corrected chi connectivity index (χ1v) is 7.09. The maximum atomic E-state index is 11.9. The van der Waals surface area contributed by atoms with Crippen molar-refractivity contribution in [2.75, 3.05) is 32.7 Å². The smallest absolute Gasteiger partial charge is 0.410 e. The molecule has 0 saturated carbocycles. The Kier molecular flexibility index (Phi) is 6.17. The van der Waals surface area contributed by atoms with E-state index in [9.17, 15) is 9.59 Å². The molecule has 114 valence electrons. The van der Waals surface area contributed by atoms with Crippen LogP contribution in [-0.2, 0) is 9.53 Å². The number of nitrogens with zero attached hydrogens (tertiary/aromatic N) is 3. The van der Waals surface area contributed by atoms with Crippen molar-refractivity contribution in [3.05, 3.63) is 0 Å². The molecule has 20 heavy (non-hydrogen) atoms. The van der Waals surface area contributed by atoms with Gasteiger partial charge >= 0.3 is 6.09 Å². The van der Waals surface area contributed by atoms with Gasteiger partial charge in [-0.2, -0.15) is 0 Å². The van der Waals surface area contributed by atoms with Crippen molar-refractivity contribution in [3.8, 4) is 0 Å². The molecule has 1 aliphatic rings. The number of piperazine rings is 1. The third kappa shape index (κ3) is 6.17. The molecular formula is C14H25N3O3.